The summed E-state index contributed by atoms with van der Waals surface area (Å²) < 4.78 is 50.2. The van der Waals surface area contributed by atoms with Gasteiger partial charge in [0.15, 0.2) is 11.5 Å². The second kappa shape index (κ2) is 5.75. The summed E-state index contributed by atoms with van der Waals surface area (Å²) in [6.07, 6.45) is -0.701. The van der Waals surface area contributed by atoms with Crippen molar-refractivity contribution < 1.29 is 22.6 Å². The van der Waals surface area contributed by atoms with Crippen LogP contribution >= 0.6 is 0 Å². The van der Waals surface area contributed by atoms with Gasteiger partial charge in [-0.25, -0.2) is 0 Å². The van der Waals surface area contributed by atoms with E-state index >= 15 is 0 Å². The first kappa shape index (κ1) is 15.9. The highest BCUT2D eigenvalue weighted by atomic mass is 19.4. The fourth-order valence-corrected chi connectivity index (χ4v) is 2.98. The summed E-state index contributed by atoms with van der Waals surface area (Å²) >= 11 is 0. The van der Waals surface area contributed by atoms with Crippen LogP contribution in [0.3, 0.4) is 0 Å². The summed E-state index contributed by atoms with van der Waals surface area (Å²) in [6.45, 7) is 0. The summed E-state index contributed by atoms with van der Waals surface area (Å²) in [5, 5.41) is 0. The van der Waals surface area contributed by atoms with Crippen LogP contribution < -0.4 is 15.2 Å². The molecule has 1 aromatic rings. The van der Waals surface area contributed by atoms with Gasteiger partial charge in [-0.15, -0.1) is 0 Å². The first-order valence-electron chi connectivity index (χ1n) is 6.94. The van der Waals surface area contributed by atoms with E-state index in [1.54, 1.807) is 0 Å². The average Bonchev–Trinajstić information content (AvgIpc) is 2.45. The molecule has 0 amide bonds. The summed E-state index contributed by atoms with van der Waals surface area (Å²) in [5.41, 5.74) is 4.71. The molecule has 0 radical (unpaired) electrons. The van der Waals surface area contributed by atoms with Crippen molar-refractivity contribution in [3.63, 3.8) is 0 Å². The summed E-state index contributed by atoms with van der Waals surface area (Å²) in [7, 11) is 2.72. The van der Waals surface area contributed by atoms with E-state index in [0.29, 0.717) is 12.8 Å². The smallest absolute Gasteiger partial charge is 0.416 e. The van der Waals surface area contributed by atoms with Gasteiger partial charge in [-0.2, -0.15) is 13.2 Å². The van der Waals surface area contributed by atoms with Gasteiger partial charge < -0.3 is 15.2 Å². The minimum absolute atomic E-state index is 0.0629. The number of hydrogen-bond acceptors (Lipinski definition) is 3. The van der Waals surface area contributed by atoms with E-state index in [9.17, 15) is 13.2 Å². The molecule has 6 heteroatoms. The molecule has 0 aromatic heterocycles. The number of ether oxygens (including phenoxy) is 2. The Kier molecular flexibility index (Phi) is 4.37. The predicted octanol–water partition coefficient (Wildman–Crippen LogP) is 3.84. The standard InChI is InChI=1S/C15H20F3NO2/c1-20-12-8-10(14(19)6-4-3-5-7-14)11(15(16,17)18)9-13(12)21-2/h8-9H,3-7,19H2,1-2H3. The molecule has 0 spiro atoms. The zero-order chi connectivity index (χ0) is 15.7. The monoisotopic (exact) mass is 303 g/mol. The highest BCUT2D eigenvalue weighted by Gasteiger charge is 2.41. The molecule has 2 N–H and O–H groups in total. The van der Waals surface area contributed by atoms with Crippen molar-refractivity contribution in [3.8, 4) is 11.5 Å². The third kappa shape index (κ3) is 3.10. The van der Waals surface area contributed by atoms with Crippen molar-refractivity contribution in [1.82, 2.24) is 0 Å². The van der Waals surface area contributed by atoms with Crippen LogP contribution in [0.25, 0.3) is 0 Å². The van der Waals surface area contributed by atoms with Gasteiger partial charge in [0.2, 0.25) is 0 Å². The molecule has 118 valence electrons. The van der Waals surface area contributed by atoms with Crippen molar-refractivity contribution in [2.75, 3.05) is 14.2 Å². The van der Waals surface area contributed by atoms with E-state index in [-0.39, 0.29) is 17.1 Å². The Morgan fingerprint density at radius 2 is 1.52 bits per heavy atom. The molecular formula is C15H20F3NO2. The Bertz CT molecular complexity index is 508. The lowest BCUT2D eigenvalue weighted by molar-refractivity contribution is -0.139. The van der Waals surface area contributed by atoms with Gasteiger partial charge in [0, 0.05) is 5.54 Å². The van der Waals surface area contributed by atoms with E-state index < -0.39 is 17.3 Å². The van der Waals surface area contributed by atoms with Crippen molar-refractivity contribution >= 4 is 0 Å². The summed E-state index contributed by atoms with van der Waals surface area (Å²) in [4.78, 5) is 0. The van der Waals surface area contributed by atoms with Crippen LogP contribution in [0.5, 0.6) is 11.5 Å². The Hall–Kier alpha value is -1.43. The van der Waals surface area contributed by atoms with Gasteiger partial charge in [-0.05, 0) is 30.5 Å². The lowest BCUT2D eigenvalue weighted by atomic mass is 9.75. The number of benzene rings is 1. The quantitative estimate of drug-likeness (QED) is 0.922. The summed E-state index contributed by atoms with van der Waals surface area (Å²) in [6, 6.07) is 2.37. The van der Waals surface area contributed by atoms with E-state index in [0.717, 1.165) is 25.3 Å². The molecule has 1 saturated carbocycles. The Morgan fingerprint density at radius 1 is 1.00 bits per heavy atom. The third-order valence-corrected chi connectivity index (χ3v) is 4.11. The van der Waals surface area contributed by atoms with E-state index in [1.165, 1.54) is 20.3 Å². The van der Waals surface area contributed by atoms with Crippen LogP contribution in [0, 0.1) is 0 Å². The molecule has 21 heavy (non-hydrogen) atoms. The van der Waals surface area contributed by atoms with Crippen LogP contribution in [-0.4, -0.2) is 14.2 Å². The molecule has 1 aliphatic rings. The number of hydrogen-bond donors (Lipinski definition) is 1. The van der Waals surface area contributed by atoms with Gasteiger partial charge in [-0.3, -0.25) is 0 Å². The topological polar surface area (TPSA) is 44.5 Å². The maximum atomic E-state index is 13.4. The van der Waals surface area contributed by atoms with E-state index in [4.69, 9.17) is 15.2 Å². The second-order valence-electron chi connectivity index (χ2n) is 5.47. The lowest BCUT2D eigenvalue weighted by Crippen LogP contribution is -2.40. The zero-order valence-electron chi connectivity index (χ0n) is 12.2. The molecule has 0 aliphatic heterocycles. The molecule has 0 saturated heterocycles. The number of alkyl halides is 3. The highest BCUT2D eigenvalue weighted by Crippen LogP contribution is 2.46. The van der Waals surface area contributed by atoms with Gasteiger partial charge in [0.25, 0.3) is 0 Å². The zero-order valence-corrected chi connectivity index (χ0v) is 12.2. The maximum absolute atomic E-state index is 13.4. The number of rotatable bonds is 3. The molecule has 0 bridgehead atoms. The largest absolute Gasteiger partial charge is 0.493 e. The SMILES string of the molecule is COc1cc(C(F)(F)F)c(C2(N)CCCCC2)cc1OC. The van der Waals surface area contributed by atoms with Crippen molar-refractivity contribution in [2.24, 2.45) is 5.73 Å². The van der Waals surface area contributed by atoms with Crippen LogP contribution in [0.15, 0.2) is 12.1 Å². The Balaban J connectivity index is 2.61. The molecule has 1 fully saturated rings. The third-order valence-electron chi connectivity index (χ3n) is 4.11. The van der Waals surface area contributed by atoms with Crippen molar-refractivity contribution in [2.45, 2.75) is 43.8 Å². The fourth-order valence-electron chi connectivity index (χ4n) is 2.98. The van der Waals surface area contributed by atoms with Crippen LogP contribution in [0.2, 0.25) is 0 Å². The minimum Gasteiger partial charge on any atom is -0.493 e. The molecular weight excluding hydrogens is 283 g/mol. The first-order valence-corrected chi connectivity index (χ1v) is 6.94. The van der Waals surface area contributed by atoms with Crippen LogP contribution in [0.1, 0.15) is 43.2 Å². The molecule has 2 rings (SSSR count). The molecule has 0 unspecified atom stereocenters. The Labute approximate surface area is 122 Å². The molecule has 1 aliphatic carbocycles. The number of halogens is 3. The fraction of sp³-hybridized carbons (Fsp3) is 0.600. The van der Waals surface area contributed by atoms with Gasteiger partial charge in [0.05, 0.1) is 19.8 Å². The van der Waals surface area contributed by atoms with Crippen LogP contribution in [0.4, 0.5) is 13.2 Å². The van der Waals surface area contributed by atoms with Crippen molar-refractivity contribution in [3.05, 3.63) is 23.3 Å². The Morgan fingerprint density at radius 3 is 2.00 bits per heavy atom. The highest BCUT2D eigenvalue weighted by molar-refractivity contribution is 5.51. The molecule has 0 atom stereocenters. The lowest BCUT2D eigenvalue weighted by Gasteiger charge is -2.36. The maximum Gasteiger partial charge on any atom is 0.416 e. The number of nitrogens with two attached hydrogens (primary N) is 1. The molecule has 1 aromatic carbocycles. The summed E-state index contributed by atoms with van der Waals surface area (Å²) in [5.74, 6) is 0.337. The predicted molar refractivity (Wildman–Crippen MR) is 73.5 cm³/mol. The normalized spacial score (nSPS) is 18.4. The van der Waals surface area contributed by atoms with Crippen LogP contribution in [-0.2, 0) is 11.7 Å². The number of methoxy groups -OCH3 is 2. The first-order chi connectivity index (χ1) is 9.81. The van der Waals surface area contributed by atoms with Gasteiger partial charge in [0.1, 0.15) is 0 Å². The van der Waals surface area contributed by atoms with Gasteiger partial charge >= 0.3 is 6.18 Å². The second-order valence-corrected chi connectivity index (χ2v) is 5.47. The van der Waals surface area contributed by atoms with E-state index in [1.807, 2.05) is 0 Å². The molecule has 0 heterocycles. The minimum atomic E-state index is -4.47. The van der Waals surface area contributed by atoms with Crippen molar-refractivity contribution in [1.29, 1.82) is 0 Å². The molecule has 3 nitrogen and oxygen atoms in total. The van der Waals surface area contributed by atoms with E-state index in [2.05, 4.69) is 0 Å². The average molecular weight is 303 g/mol. The van der Waals surface area contributed by atoms with Gasteiger partial charge in [-0.1, -0.05) is 19.3 Å².